The molecule has 0 radical (unpaired) electrons. The molecule has 3 heterocycles. The van der Waals surface area contributed by atoms with Crippen LogP contribution < -0.4 is 10.2 Å². The maximum atomic E-state index is 12.7. The van der Waals surface area contributed by atoms with Crippen molar-refractivity contribution in [2.24, 2.45) is 0 Å². The van der Waals surface area contributed by atoms with Crippen molar-refractivity contribution in [1.82, 2.24) is 20.0 Å². The Morgan fingerprint density at radius 3 is 2.42 bits per heavy atom. The van der Waals surface area contributed by atoms with Crippen LogP contribution in [0.5, 0.6) is 0 Å². The summed E-state index contributed by atoms with van der Waals surface area (Å²) in [4.78, 5) is 31.4. The average molecular weight is 423 g/mol. The molecule has 2 saturated heterocycles. The van der Waals surface area contributed by atoms with E-state index >= 15 is 0 Å². The van der Waals surface area contributed by atoms with Crippen LogP contribution in [0.15, 0.2) is 42.5 Å². The van der Waals surface area contributed by atoms with Crippen molar-refractivity contribution in [2.45, 2.75) is 32.2 Å². The van der Waals surface area contributed by atoms with Gasteiger partial charge in [0.25, 0.3) is 5.91 Å². The summed E-state index contributed by atoms with van der Waals surface area (Å²) in [5.41, 5.74) is 1.01. The number of anilines is 2. The summed E-state index contributed by atoms with van der Waals surface area (Å²) in [5.74, 6) is 0.724. The molecule has 0 spiro atoms. The normalized spacial score (nSPS) is 19.8. The Morgan fingerprint density at radius 1 is 0.968 bits per heavy atom. The standard InChI is InChI=1S/C23H30N6O2/c1-18-7-5-6-12-29(18)22(30)17-27-13-15-28(16-14-27)21-11-10-20(25-26-21)23(31)24-19-8-3-2-4-9-19/h2-4,8-11,18H,5-7,12-17H2,1H3,(H,24,31). The van der Waals surface area contributed by atoms with Gasteiger partial charge in [0.2, 0.25) is 5.91 Å². The molecule has 2 aromatic rings. The highest BCUT2D eigenvalue weighted by Crippen LogP contribution is 2.18. The molecule has 0 bridgehead atoms. The first-order valence-corrected chi connectivity index (χ1v) is 11.1. The lowest BCUT2D eigenvalue weighted by molar-refractivity contribution is -0.135. The summed E-state index contributed by atoms with van der Waals surface area (Å²) in [7, 11) is 0. The van der Waals surface area contributed by atoms with E-state index in [1.165, 1.54) is 6.42 Å². The number of piperidine rings is 1. The van der Waals surface area contributed by atoms with Gasteiger partial charge in [-0.05, 0) is 50.5 Å². The summed E-state index contributed by atoms with van der Waals surface area (Å²) in [6, 6.07) is 13.2. The van der Waals surface area contributed by atoms with Crippen molar-refractivity contribution in [3.05, 3.63) is 48.2 Å². The third-order valence-electron chi connectivity index (χ3n) is 6.09. The molecule has 1 unspecified atom stereocenters. The number of nitrogens with one attached hydrogen (secondary N) is 1. The second kappa shape index (κ2) is 9.87. The number of hydrogen-bond acceptors (Lipinski definition) is 6. The van der Waals surface area contributed by atoms with E-state index in [0.717, 1.165) is 57.1 Å². The smallest absolute Gasteiger partial charge is 0.276 e. The van der Waals surface area contributed by atoms with Crippen molar-refractivity contribution in [1.29, 1.82) is 0 Å². The number of rotatable bonds is 5. The fraction of sp³-hybridized carbons (Fsp3) is 0.478. The number of benzene rings is 1. The minimum atomic E-state index is -0.277. The first kappa shape index (κ1) is 21.2. The minimum absolute atomic E-state index is 0.245. The molecule has 1 N–H and O–H groups in total. The predicted octanol–water partition coefficient (Wildman–Crippen LogP) is 2.25. The quantitative estimate of drug-likeness (QED) is 0.796. The number of piperazine rings is 1. The maximum absolute atomic E-state index is 12.7. The molecular weight excluding hydrogens is 392 g/mol. The van der Waals surface area contributed by atoms with Gasteiger partial charge in [-0.1, -0.05) is 18.2 Å². The molecule has 1 aromatic carbocycles. The average Bonchev–Trinajstić information content (AvgIpc) is 2.80. The van der Waals surface area contributed by atoms with E-state index in [1.54, 1.807) is 6.07 Å². The Balaban J connectivity index is 1.27. The highest BCUT2D eigenvalue weighted by Gasteiger charge is 2.26. The third-order valence-corrected chi connectivity index (χ3v) is 6.09. The molecule has 1 aromatic heterocycles. The van der Waals surface area contributed by atoms with Crippen LogP contribution in [0.25, 0.3) is 0 Å². The second-order valence-electron chi connectivity index (χ2n) is 8.29. The SMILES string of the molecule is CC1CCCCN1C(=O)CN1CCN(c2ccc(C(=O)Nc3ccccc3)nn2)CC1. The van der Waals surface area contributed by atoms with Crippen LogP contribution in [0.3, 0.4) is 0 Å². The molecule has 2 aliphatic heterocycles. The molecule has 0 saturated carbocycles. The number of hydrogen-bond donors (Lipinski definition) is 1. The molecule has 164 valence electrons. The summed E-state index contributed by atoms with van der Waals surface area (Å²) in [6.45, 7) is 6.72. The third kappa shape index (κ3) is 5.38. The van der Waals surface area contributed by atoms with E-state index in [9.17, 15) is 9.59 Å². The minimum Gasteiger partial charge on any atom is -0.353 e. The lowest BCUT2D eigenvalue weighted by Crippen LogP contribution is -2.52. The maximum Gasteiger partial charge on any atom is 0.276 e. The van der Waals surface area contributed by atoms with Crippen molar-refractivity contribution >= 4 is 23.3 Å². The number of aromatic nitrogens is 2. The Morgan fingerprint density at radius 2 is 1.74 bits per heavy atom. The fourth-order valence-corrected chi connectivity index (χ4v) is 4.22. The van der Waals surface area contributed by atoms with Crippen LogP contribution in [-0.2, 0) is 4.79 Å². The highest BCUT2D eigenvalue weighted by atomic mass is 16.2. The summed E-state index contributed by atoms with van der Waals surface area (Å²) in [5, 5.41) is 11.2. The van der Waals surface area contributed by atoms with Gasteiger partial charge < -0.3 is 15.1 Å². The first-order valence-electron chi connectivity index (χ1n) is 11.1. The summed E-state index contributed by atoms with van der Waals surface area (Å²) >= 11 is 0. The van der Waals surface area contributed by atoms with Gasteiger partial charge in [0.15, 0.2) is 11.5 Å². The topological polar surface area (TPSA) is 81.7 Å². The Bertz CT molecular complexity index is 881. The van der Waals surface area contributed by atoms with Crippen molar-refractivity contribution < 1.29 is 9.59 Å². The molecule has 2 aliphatic rings. The number of para-hydroxylation sites is 1. The van der Waals surface area contributed by atoms with E-state index in [4.69, 9.17) is 0 Å². The van der Waals surface area contributed by atoms with Crippen molar-refractivity contribution in [2.75, 3.05) is 49.5 Å². The molecule has 8 nitrogen and oxygen atoms in total. The zero-order valence-corrected chi connectivity index (χ0v) is 18.0. The summed E-state index contributed by atoms with van der Waals surface area (Å²) in [6.07, 6.45) is 3.44. The van der Waals surface area contributed by atoms with Crippen LogP contribution in [0, 0.1) is 0 Å². The number of amides is 2. The van der Waals surface area contributed by atoms with Crippen LogP contribution in [-0.4, -0.2) is 77.1 Å². The van der Waals surface area contributed by atoms with Gasteiger partial charge in [0.1, 0.15) is 0 Å². The lowest BCUT2D eigenvalue weighted by Gasteiger charge is -2.38. The molecule has 1 atom stereocenters. The van der Waals surface area contributed by atoms with E-state index < -0.39 is 0 Å². The Hall–Kier alpha value is -3.00. The number of nitrogens with zero attached hydrogens (tertiary/aromatic N) is 5. The van der Waals surface area contributed by atoms with Crippen molar-refractivity contribution in [3.63, 3.8) is 0 Å². The zero-order valence-electron chi connectivity index (χ0n) is 18.0. The molecule has 31 heavy (non-hydrogen) atoms. The van der Waals surface area contributed by atoms with Crippen LogP contribution in [0.4, 0.5) is 11.5 Å². The van der Waals surface area contributed by atoms with E-state index in [2.05, 4.69) is 32.2 Å². The fourth-order valence-electron chi connectivity index (χ4n) is 4.22. The van der Waals surface area contributed by atoms with Gasteiger partial charge in [0, 0.05) is 44.5 Å². The van der Waals surface area contributed by atoms with Gasteiger partial charge in [0.05, 0.1) is 6.54 Å². The monoisotopic (exact) mass is 422 g/mol. The van der Waals surface area contributed by atoms with Crippen molar-refractivity contribution in [3.8, 4) is 0 Å². The van der Waals surface area contributed by atoms with E-state index in [0.29, 0.717) is 12.6 Å². The largest absolute Gasteiger partial charge is 0.353 e. The van der Waals surface area contributed by atoms with Gasteiger partial charge in [-0.15, -0.1) is 10.2 Å². The van der Waals surface area contributed by atoms with Gasteiger partial charge in [-0.25, -0.2) is 0 Å². The Labute approximate surface area is 183 Å². The molecule has 8 heteroatoms. The molecule has 2 fully saturated rings. The van der Waals surface area contributed by atoms with E-state index in [-0.39, 0.29) is 17.5 Å². The molecule has 2 amide bonds. The zero-order chi connectivity index (χ0) is 21.6. The predicted molar refractivity (Wildman–Crippen MR) is 120 cm³/mol. The van der Waals surface area contributed by atoms with Gasteiger partial charge >= 0.3 is 0 Å². The number of likely N-dealkylation sites (tertiary alicyclic amines) is 1. The summed E-state index contributed by atoms with van der Waals surface area (Å²) < 4.78 is 0. The van der Waals surface area contributed by atoms with Gasteiger partial charge in [-0.2, -0.15) is 0 Å². The molecular formula is C23H30N6O2. The Kier molecular flexibility index (Phi) is 6.76. The lowest BCUT2D eigenvalue weighted by atomic mass is 10.0. The number of carbonyl (C=O) groups excluding carboxylic acids is 2. The van der Waals surface area contributed by atoms with E-state index in [1.807, 2.05) is 41.3 Å². The van der Waals surface area contributed by atoms with Gasteiger partial charge in [-0.3, -0.25) is 14.5 Å². The molecule has 0 aliphatic carbocycles. The van der Waals surface area contributed by atoms with Crippen LogP contribution in [0.2, 0.25) is 0 Å². The van der Waals surface area contributed by atoms with Crippen LogP contribution >= 0.6 is 0 Å². The first-order chi connectivity index (χ1) is 15.1. The van der Waals surface area contributed by atoms with Crippen LogP contribution in [0.1, 0.15) is 36.7 Å². The number of carbonyl (C=O) groups is 2. The second-order valence-corrected chi connectivity index (χ2v) is 8.29. The molecule has 4 rings (SSSR count). The highest BCUT2D eigenvalue weighted by molar-refractivity contribution is 6.02.